The largest absolute Gasteiger partial charge is 0.481 e. The fourth-order valence-corrected chi connectivity index (χ4v) is 12.7. The van der Waals surface area contributed by atoms with E-state index in [0.29, 0.717) is 63.5 Å². The summed E-state index contributed by atoms with van der Waals surface area (Å²) >= 11 is 0. The van der Waals surface area contributed by atoms with Crippen LogP contribution in [0.5, 0.6) is 0 Å². The van der Waals surface area contributed by atoms with Crippen molar-refractivity contribution in [2.24, 2.45) is 38.7 Å². The van der Waals surface area contributed by atoms with Crippen LogP contribution in [0.1, 0.15) is 101 Å². The van der Waals surface area contributed by atoms with Gasteiger partial charge in [0, 0.05) is 124 Å². The monoisotopic (exact) mass is 1830 g/mol. The van der Waals surface area contributed by atoms with Crippen molar-refractivity contribution in [3.63, 3.8) is 0 Å². The number of nitrogens with one attached hydrogen (secondary N) is 12. The number of nitrogens with zero attached hydrogens (tertiary/aromatic N) is 6. The molecule has 48 heteroatoms. The third-order valence-corrected chi connectivity index (χ3v) is 19.0. The summed E-state index contributed by atoms with van der Waals surface area (Å²) in [6.45, 7) is 0.303. The summed E-state index contributed by atoms with van der Waals surface area (Å²) < 4.78 is 0. The molecule has 3 radical (unpaired) electrons. The van der Waals surface area contributed by atoms with Gasteiger partial charge in [0.2, 0.25) is 70.9 Å². The summed E-state index contributed by atoms with van der Waals surface area (Å²) in [5, 5.41) is 85.8. The number of amides is 12. The smallest absolute Gasteiger partial charge is 0.317 e. The third kappa shape index (κ3) is 45.0. The van der Waals surface area contributed by atoms with E-state index in [4.69, 9.17) is 49.1 Å². The van der Waals surface area contributed by atoms with Crippen molar-refractivity contribution in [1.29, 1.82) is 0 Å². The molecule has 3 aliphatic heterocycles. The Hall–Kier alpha value is -11.9. The Morgan fingerprint density at radius 1 is 0.382 bits per heavy atom. The number of hydrogen-bond acceptors (Lipinski definition) is 25. The van der Waals surface area contributed by atoms with Gasteiger partial charge in [-0.05, 0) is 81.8 Å². The van der Waals surface area contributed by atoms with Crippen LogP contribution in [-0.2, 0) is 99.1 Å². The fraction of sp³-hybridized carbons (Fsp3) is 0.573. The van der Waals surface area contributed by atoms with Gasteiger partial charge in [-0.25, -0.2) is 0 Å². The first-order valence-corrected chi connectivity index (χ1v) is 39.6. The molecule has 3 fully saturated rings. The molecule has 0 aliphatic carbocycles. The van der Waals surface area contributed by atoms with Crippen molar-refractivity contribution in [2.75, 3.05) is 118 Å². The van der Waals surface area contributed by atoms with Crippen molar-refractivity contribution in [2.45, 2.75) is 157 Å². The van der Waals surface area contributed by atoms with Gasteiger partial charge in [-0.1, -0.05) is 60.7 Å². The van der Waals surface area contributed by atoms with Crippen molar-refractivity contribution >= 4 is 144 Å². The average molecular weight is 1830 g/mol. The second-order valence-electron chi connectivity index (χ2n) is 29.0. The van der Waals surface area contributed by atoms with Gasteiger partial charge < -0.3 is 123 Å². The molecule has 677 valence electrons. The fourth-order valence-electron chi connectivity index (χ4n) is 12.7. The van der Waals surface area contributed by atoms with Crippen LogP contribution in [0.15, 0.2) is 70.6 Å². The predicted octanol–water partition coefficient (Wildman–Crippen LogP) is -9.49. The van der Waals surface area contributed by atoms with E-state index in [1.54, 1.807) is 80.3 Å². The Labute approximate surface area is 726 Å². The normalized spacial score (nSPS) is 20.9. The molecule has 123 heavy (non-hydrogen) atoms. The van der Waals surface area contributed by atoms with E-state index in [9.17, 15) is 96.5 Å². The van der Waals surface area contributed by atoms with Gasteiger partial charge in [-0.15, -0.1) is 0 Å². The number of hydrogen-bond donors (Lipinski definition) is 23. The SMILES string of the molecule is NC(N)=NCCC[C@@H]1NC(=O)[C@H](CCCCNC(=O)CCC(N)C(=O)NCCCC[C@@H]2NC(=O)[C@@H](Cc3ccccc3)NC(=O)[C@H](CC(=O)O)NC(=O)CNC(=O)[C@H](CCCN=C(N)N)NC2=O)NC(=O)[C@@H](Cc2ccccc2)NC(=O)[C@H](CC(=O)O)NC(=O)CNC1=O.O=C(O)CN1CCN(CC(=O)O)CCN(CC(=O)O)CCN(CC(=O)O)CC1.[111In]. The minimum Gasteiger partial charge on any atom is -0.481 e. The number of guanidine groups is 2. The second kappa shape index (κ2) is 57.4. The van der Waals surface area contributed by atoms with Gasteiger partial charge in [0.05, 0.1) is 58.2 Å². The van der Waals surface area contributed by atoms with Crippen molar-refractivity contribution < 1.29 is 117 Å². The predicted molar refractivity (Wildman–Crippen MR) is 439 cm³/mol. The molecule has 9 atom stereocenters. The third-order valence-electron chi connectivity index (χ3n) is 19.0. The minimum absolute atomic E-state index is 0. The van der Waals surface area contributed by atoms with Crippen molar-refractivity contribution in [3.8, 4) is 0 Å². The zero-order chi connectivity index (χ0) is 90.2. The van der Waals surface area contributed by atoms with Crippen LogP contribution in [0.2, 0.25) is 0 Å². The summed E-state index contributed by atoms with van der Waals surface area (Å²) in [7, 11) is 0. The zero-order valence-electron chi connectivity index (χ0n) is 68.2. The minimum atomic E-state index is -1.68. The molecule has 0 spiro atoms. The molecule has 0 saturated carbocycles. The molecular formula is C75H115InN23O24. The van der Waals surface area contributed by atoms with E-state index >= 15 is 0 Å². The summed E-state index contributed by atoms with van der Waals surface area (Å²) in [4.78, 5) is 245. The van der Waals surface area contributed by atoms with Crippen molar-refractivity contribution in [3.05, 3.63) is 71.8 Å². The molecule has 3 saturated heterocycles. The molecule has 0 aromatic heterocycles. The first-order valence-electron chi connectivity index (χ1n) is 39.6. The Kier molecular flexibility index (Phi) is 49.1. The van der Waals surface area contributed by atoms with Crippen LogP contribution >= 0.6 is 0 Å². The van der Waals surface area contributed by atoms with Gasteiger partial charge in [-0.2, -0.15) is 0 Å². The van der Waals surface area contributed by atoms with E-state index in [0.717, 1.165) is 0 Å². The van der Waals surface area contributed by atoms with E-state index in [-0.39, 0.29) is 180 Å². The Morgan fingerprint density at radius 2 is 0.675 bits per heavy atom. The molecule has 3 aliphatic rings. The van der Waals surface area contributed by atoms with Crippen LogP contribution in [0.3, 0.4) is 0 Å². The molecule has 2 aromatic rings. The van der Waals surface area contributed by atoms with Crippen LogP contribution in [0.25, 0.3) is 0 Å². The average Bonchev–Trinajstić information content (AvgIpc) is 1.84. The van der Waals surface area contributed by atoms with Gasteiger partial charge in [0.1, 0.15) is 48.3 Å². The quantitative estimate of drug-likeness (QED) is 0.0169. The number of nitrogens with two attached hydrogens (primary N) is 5. The molecule has 28 N–H and O–H groups in total. The molecule has 12 amide bonds. The Morgan fingerprint density at radius 3 is 0.992 bits per heavy atom. The number of unbranched alkanes of at least 4 members (excludes halogenated alkanes) is 2. The van der Waals surface area contributed by atoms with E-state index < -0.39 is 187 Å². The van der Waals surface area contributed by atoms with E-state index in [1.807, 2.05) is 0 Å². The maximum absolute atomic E-state index is 14.1. The van der Waals surface area contributed by atoms with Gasteiger partial charge in [0.15, 0.2) is 11.9 Å². The summed E-state index contributed by atoms with van der Waals surface area (Å²) in [6.07, 6.45) is -1.32. The molecule has 47 nitrogen and oxygen atoms in total. The summed E-state index contributed by atoms with van der Waals surface area (Å²) in [5.41, 5.74) is 29.1. The number of carboxylic acid groups (broad SMARTS) is 6. The van der Waals surface area contributed by atoms with Gasteiger partial charge >= 0.3 is 35.8 Å². The van der Waals surface area contributed by atoms with Crippen molar-refractivity contribution in [1.82, 2.24) is 83.4 Å². The Bertz CT molecular complexity index is 3830. The molecule has 5 rings (SSSR count). The van der Waals surface area contributed by atoms with Gasteiger partial charge in [-0.3, -0.25) is 116 Å². The standard InChI is InChI=1S/C59H87N19O16.C16H28N4O8.In/c60-35(49(86)66-24-10-8-18-39-53(90)74-37(20-12-26-68-59(63)64)51(88)70-32-46(81)72-43(30-48(84)85)57(94)78-41(55(92)76-39)28-34-15-5-2-6-16-34)21-22-44(79)65-23-9-7-17-38-52(89)73-36(19-11-25-67-58(61)62)50(87)69-31-45(80)71-42(29-47(82)83)56(93)77-40(54(91)75-38)27-33-13-3-1-4-14-33;21-13(22)9-17-1-2-18(10-14(23)24)5-6-20(12-16(27)28)8-7-19(4-3-17)11-15(25)26;/h1-6,13-16,35-43H,7-12,17-32,60H2,(H,65,79)(H,66,86)(H,69,87)(H,70,88)(H,71,80)(H,72,81)(H,73,89)(H,74,90)(H,75,91)(H,76,92)(H,77,93)(H,78,94)(H,82,83)(H,84,85)(H4,61,62,67)(H4,63,64,68);1-12H2,(H,21,22)(H,23,24)(H,25,26)(H,27,28);/t35?,36-,37-,38-,39-,40+,41+,42-,43-;;/m0../s1/i;;1-4. The van der Waals surface area contributed by atoms with Crippen LogP contribution in [0, 0.1) is 0 Å². The topological polar surface area (TPSA) is 741 Å². The molecule has 3 heterocycles. The number of aliphatic imine (C=N–C) groups is 2. The van der Waals surface area contributed by atoms with Crippen LogP contribution in [0.4, 0.5) is 0 Å². The van der Waals surface area contributed by atoms with E-state index in [2.05, 4.69) is 73.8 Å². The number of carboxylic acids is 6. The number of carbonyl (C=O) groups excluding carboxylic acids is 12. The van der Waals surface area contributed by atoms with Crippen LogP contribution < -0.4 is 92.5 Å². The molecule has 2 aromatic carbocycles. The summed E-state index contributed by atoms with van der Waals surface area (Å²) in [5.74, 6) is -17.4. The maximum Gasteiger partial charge on any atom is 0.317 e. The van der Waals surface area contributed by atoms with Crippen LogP contribution in [-0.4, -0.2) is 367 Å². The molecule has 1 unspecified atom stereocenters. The summed E-state index contributed by atoms with van der Waals surface area (Å²) in [6, 6.07) is 4.29. The zero-order valence-corrected chi connectivity index (χ0v) is 71.5. The van der Waals surface area contributed by atoms with Gasteiger partial charge in [0.25, 0.3) is 0 Å². The first kappa shape index (κ1) is 105. The maximum atomic E-state index is 14.1. The van der Waals surface area contributed by atoms with E-state index in [1.165, 1.54) is 0 Å². The first-order chi connectivity index (χ1) is 57.9. The number of carbonyl (C=O) groups is 18. The number of aliphatic carboxylic acids is 6. The Balaban J connectivity index is 0.00000114. The second-order valence-corrected chi connectivity index (χ2v) is 29.0. The molecule has 0 bridgehead atoms. The molecular weight excluding hydrogens is 1720 g/mol. The number of rotatable bonds is 38. The number of benzene rings is 2.